The summed E-state index contributed by atoms with van der Waals surface area (Å²) in [5.41, 5.74) is 1.32. The Labute approximate surface area is 114 Å². The number of unbranched alkanes of at least 4 members (excludes halogenated alkanes) is 2. The van der Waals surface area contributed by atoms with Gasteiger partial charge in [0.1, 0.15) is 11.5 Å². The Morgan fingerprint density at radius 2 is 1.42 bits per heavy atom. The van der Waals surface area contributed by atoms with Gasteiger partial charge in [-0.1, -0.05) is 36.8 Å². The lowest BCUT2D eigenvalue weighted by Gasteiger charge is -2.06. The van der Waals surface area contributed by atoms with Crippen molar-refractivity contribution in [2.24, 2.45) is 0 Å². The lowest BCUT2D eigenvalue weighted by molar-refractivity contribution is 0.283. The van der Waals surface area contributed by atoms with Crippen LogP contribution in [0.2, 0.25) is 0 Å². The van der Waals surface area contributed by atoms with E-state index in [1.807, 2.05) is 42.5 Å². The summed E-state index contributed by atoms with van der Waals surface area (Å²) in [5, 5.41) is 8.72. The number of ether oxygens (including phenoxy) is 1. The number of benzene rings is 2. The van der Waals surface area contributed by atoms with Gasteiger partial charge >= 0.3 is 0 Å². The second kappa shape index (κ2) is 7.59. The van der Waals surface area contributed by atoms with E-state index in [4.69, 9.17) is 9.84 Å². The molecule has 0 radical (unpaired) electrons. The predicted octanol–water partition coefficient (Wildman–Crippen LogP) is 4.18. The molecule has 0 aromatic heterocycles. The number of hydrogen-bond acceptors (Lipinski definition) is 2. The maximum Gasteiger partial charge on any atom is 0.127 e. The summed E-state index contributed by atoms with van der Waals surface area (Å²) < 4.78 is 5.74. The van der Waals surface area contributed by atoms with Crippen LogP contribution in [0.4, 0.5) is 0 Å². The standard InChI is InChI=1S/C17H20O2/c18-14-6-2-3-7-15-10-12-17(13-11-15)19-16-8-4-1-5-9-16/h1,4-5,8-13,18H,2-3,6-7,14H2. The van der Waals surface area contributed by atoms with Crippen LogP contribution in [0.25, 0.3) is 0 Å². The van der Waals surface area contributed by atoms with E-state index in [0.717, 1.165) is 37.2 Å². The molecule has 0 saturated carbocycles. The van der Waals surface area contributed by atoms with Crippen molar-refractivity contribution in [2.45, 2.75) is 25.7 Å². The molecule has 0 aliphatic carbocycles. The van der Waals surface area contributed by atoms with E-state index in [1.54, 1.807) is 0 Å². The fourth-order valence-electron chi connectivity index (χ4n) is 1.97. The average Bonchev–Trinajstić information content (AvgIpc) is 2.46. The van der Waals surface area contributed by atoms with Crippen LogP contribution in [-0.4, -0.2) is 11.7 Å². The predicted molar refractivity (Wildman–Crippen MR) is 77.6 cm³/mol. The lowest BCUT2D eigenvalue weighted by atomic mass is 10.1. The van der Waals surface area contributed by atoms with E-state index in [1.165, 1.54) is 5.56 Å². The quantitative estimate of drug-likeness (QED) is 0.753. The highest BCUT2D eigenvalue weighted by Crippen LogP contribution is 2.21. The molecule has 0 aliphatic heterocycles. The van der Waals surface area contributed by atoms with Crippen LogP contribution in [0.15, 0.2) is 54.6 Å². The van der Waals surface area contributed by atoms with Gasteiger partial charge in [-0.15, -0.1) is 0 Å². The summed E-state index contributed by atoms with van der Waals surface area (Å²) in [4.78, 5) is 0. The third kappa shape index (κ3) is 4.76. The Balaban J connectivity index is 1.84. The minimum Gasteiger partial charge on any atom is -0.457 e. The van der Waals surface area contributed by atoms with E-state index in [2.05, 4.69) is 12.1 Å². The summed E-state index contributed by atoms with van der Waals surface area (Å²) in [5.74, 6) is 1.73. The van der Waals surface area contributed by atoms with Crippen molar-refractivity contribution in [3.8, 4) is 11.5 Å². The van der Waals surface area contributed by atoms with E-state index >= 15 is 0 Å². The largest absolute Gasteiger partial charge is 0.457 e. The molecule has 0 bridgehead atoms. The highest BCUT2D eigenvalue weighted by atomic mass is 16.5. The molecular formula is C17H20O2. The van der Waals surface area contributed by atoms with Crippen molar-refractivity contribution in [3.63, 3.8) is 0 Å². The summed E-state index contributed by atoms with van der Waals surface area (Å²) in [7, 11) is 0. The molecule has 0 spiro atoms. The van der Waals surface area contributed by atoms with Gasteiger partial charge in [-0.25, -0.2) is 0 Å². The molecule has 0 aliphatic rings. The van der Waals surface area contributed by atoms with Gasteiger partial charge in [0.15, 0.2) is 0 Å². The van der Waals surface area contributed by atoms with E-state index in [9.17, 15) is 0 Å². The zero-order valence-electron chi connectivity index (χ0n) is 11.1. The highest BCUT2D eigenvalue weighted by Gasteiger charge is 1.98. The first-order valence-corrected chi connectivity index (χ1v) is 6.81. The molecule has 0 atom stereocenters. The van der Waals surface area contributed by atoms with Crippen LogP contribution in [0, 0.1) is 0 Å². The first-order valence-electron chi connectivity index (χ1n) is 6.81. The van der Waals surface area contributed by atoms with E-state index in [-0.39, 0.29) is 0 Å². The molecule has 2 nitrogen and oxygen atoms in total. The summed E-state index contributed by atoms with van der Waals surface area (Å²) in [6.07, 6.45) is 4.17. The fraction of sp³-hybridized carbons (Fsp3) is 0.294. The Morgan fingerprint density at radius 1 is 0.737 bits per heavy atom. The molecule has 0 fully saturated rings. The molecule has 0 heterocycles. The van der Waals surface area contributed by atoms with Crippen LogP contribution in [0.3, 0.4) is 0 Å². The molecular weight excluding hydrogens is 236 g/mol. The minimum atomic E-state index is 0.295. The van der Waals surface area contributed by atoms with Gasteiger partial charge in [0, 0.05) is 6.61 Å². The highest BCUT2D eigenvalue weighted by molar-refractivity contribution is 5.32. The SMILES string of the molecule is OCCCCCc1ccc(Oc2ccccc2)cc1. The molecule has 2 heteroatoms. The van der Waals surface area contributed by atoms with Gasteiger partial charge in [0.05, 0.1) is 0 Å². The summed E-state index contributed by atoms with van der Waals surface area (Å²) >= 11 is 0. The monoisotopic (exact) mass is 256 g/mol. The van der Waals surface area contributed by atoms with Crippen molar-refractivity contribution in [2.75, 3.05) is 6.61 Å². The van der Waals surface area contributed by atoms with Gasteiger partial charge in [0.2, 0.25) is 0 Å². The van der Waals surface area contributed by atoms with E-state index < -0.39 is 0 Å². The number of aliphatic hydroxyl groups is 1. The van der Waals surface area contributed by atoms with Crippen LogP contribution in [0.1, 0.15) is 24.8 Å². The average molecular weight is 256 g/mol. The molecule has 100 valence electrons. The molecule has 2 aromatic rings. The minimum absolute atomic E-state index is 0.295. The summed E-state index contributed by atoms with van der Waals surface area (Å²) in [6, 6.07) is 18.0. The van der Waals surface area contributed by atoms with Crippen molar-refractivity contribution in [3.05, 3.63) is 60.2 Å². The molecule has 1 N–H and O–H groups in total. The van der Waals surface area contributed by atoms with Crippen molar-refractivity contribution >= 4 is 0 Å². The fourth-order valence-corrected chi connectivity index (χ4v) is 1.97. The van der Waals surface area contributed by atoms with E-state index in [0.29, 0.717) is 6.61 Å². The molecule has 0 unspecified atom stereocenters. The maximum absolute atomic E-state index is 8.72. The smallest absolute Gasteiger partial charge is 0.127 e. The third-order valence-corrected chi connectivity index (χ3v) is 3.03. The maximum atomic E-state index is 8.72. The second-order valence-electron chi connectivity index (χ2n) is 4.59. The molecule has 2 rings (SSSR count). The Hall–Kier alpha value is -1.80. The topological polar surface area (TPSA) is 29.5 Å². The molecule has 19 heavy (non-hydrogen) atoms. The van der Waals surface area contributed by atoms with Crippen LogP contribution in [-0.2, 0) is 6.42 Å². The van der Waals surface area contributed by atoms with Crippen molar-refractivity contribution in [1.82, 2.24) is 0 Å². The van der Waals surface area contributed by atoms with Crippen molar-refractivity contribution < 1.29 is 9.84 Å². The second-order valence-corrected chi connectivity index (χ2v) is 4.59. The Morgan fingerprint density at radius 3 is 2.11 bits per heavy atom. The van der Waals surface area contributed by atoms with Crippen LogP contribution in [0.5, 0.6) is 11.5 Å². The first-order chi connectivity index (χ1) is 9.38. The first kappa shape index (κ1) is 13.6. The number of aryl methyl sites for hydroxylation is 1. The van der Waals surface area contributed by atoms with Gasteiger partial charge in [-0.3, -0.25) is 0 Å². The molecule has 0 amide bonds. The van der Waals surface area contributed by atoms with Crippen LogP contribution < -0.4 is 4.74 Å². The summed E-state index contributed by atoms with van der Waals surface area (Å²) in [6.45, 7) is 0.295. The zero-order chi connectivity index (χ0) is 13.3. The number of rotatable bonds is 7. The Kier molecular flexibility index (Phi) is 5.45. The Bertz CT molecular complexity index is 462. The molecule has 0 saturated heterocycles. The van der Waals surface area contributed by atoms with Gasteiger partial charge in [0.25, 0.3) is 0 Å². The normalized spacial score (nSPS) is 10.4. The van der Waals surface area contributed by atoms with Gasteiger partial charge in [-0.05, 0) is 49.1 Å². The van der Waals surface area contributed by atoms with Crippen LogP contribution >= 0.6 is 0 Å². The van der Waals surface area contributed by atoms with Gasteiger partial charge < -0.3 is 9.84 Å². The van der Waals surface area contributed by atoms with Crippen molar-refractivity contribution in [1.29, 1.82) is 0 Å². The zero-order valence-corrected chi connectivity index (χ0v) is 11.1. The van der Waals surface area contributed by atoms with Gasteiger partial charge in [-0.2, -0.15) is 0 Å². The number of para-hydroxylation sites is 1. The number of aliphatic hydroxyl groups excluding tert-OH is 1. The lowest BCUT2D eigenvalue weighted by Crippen LogP contribution is -1.89. The number of hydrogen-bond donors (Lipinski definition) is 1. The third-order valence-electron chi connectivity index (χ3n) is 3.03. The molecule has 2 aromatic carbocycles.